The van der Waals surface area contributed by atoms with Crippen LogP contribution >= 0.6 is 0 Å². The molecule has 0 aromatic carbocycles. The van der Waals surface area contributed by atoms with Crippen LogP contribution in [0, 0.1) is 0 Å². The van der Waals surface area contributed by atoms with Gasteiger partial charge in [0, 0.05) is 24.8 Å². The van der Waals surface area contributed by atoms with E-state index in [1.54, 1.807) is 12.2 Å². The van der Waals surface area contributed by atoms with Crippen molar-refractivity contribution >= 4 is 24.2 Å². The molecule has 8 nitrogen and oxygen atoms in total. The van der Waals surface area contributed by atoms with Crippen LogP contribution in [0.2, 0.25) is 0 Å². The molecule has 0 saturated heterocycles. The van der Waals surface area contributed by atoms with Gasteiger partial charge >= 0.3 is 12.1 Å². The minimum atomic E-state index is -0.980. The minimum absolute atomic E-state index is 0.0587. The number of carboxylic acid groups (broad SMARTS) is 1. The number of carbonyl (C=O) groups excluding carboxylic acids is 2. The molecule has 0 bridgehead atoms. The Bertz CT molecular complexity index is 443. The molecule has 4 N–H and O–H groups in total. The van der Waals surface area contributed by atoms with Gasteiger partial charge in [0.25, 0.3) is 0 Å². The van der Waals surface area contributed by atoms with Crippen LogP contribution in [0.1, 0.15) is 19.3 Å². The van der Waals surface area contributed by atoms with Crippen molar-refractivity contribution in [2.75, 3.05) is 13.3 Å². The normalized spacial score (nSPS) is 11.1. The van der Waals surface area contributed by atoms with E-state index in [1.807, 2.05) is 0 Å². The van der Waals surface area contributed by atoms with E-state index in [4.69, 9.17) is 10.8 Å². The second-order valence-corrected chi connectivity index (χ2v) is 3.82. The van der Waals surface area contributed by atoms with Gasteiger partial charge in [0.1, 0.15) is 0 Å². The van der Waals surface area contributed by atoms with Gasteiger partial charge in [-0.3, -0.25) is 14.6 Å². The molecular formula is C13H19N3O5. The lowest BCUT2D eigenvalue weighted by Crippen LogP contribution is -2.27. The number of nitrogens with one attached hydrogen (secondary N) is 1. The van der Waals surface area contributed by atoms with Gasteiger partial charge in [0.15, 0.2) is 6.73 Å². The van der Waals surface area contributed by atoms with Crippen molar-refractivity contribution in [1.29, 1.82) is 0 Å². The Morgan fingerprint density at radius 1 is 1.38 bits per heavy atom. The highest BCUT2D eigenvalue weighted by atomic mass is 16.6. The van der Waals surface area contributed by atoms with Gasteiger partial charge in [-0.2, -0.15) is 0 Å². The number of amides is 2. The Hall–Kier alpha value is -2.64. The molecule has 0 aliphatic carbocycles. The third-order valence-electron chi connectivity index (χ3n) is 2.16. The predicted octanol–water partition coefficient (Wildman–Crippen LogP) is 0.593. The van der Waals surface area contributed by atoms with Gasteiger partial charge in [-0.05, 0) is 6.42 Å². The molecule has 2 amide bonds. The number of ether oxygens (including phenoxy) is 1. The summed E-state index contributed by atoms with van der Waals surface area (Å²) in [6.07, 6.45) is 4.33. The van der Waals surface area contributed by atoms with Crippen molar-refractivity contribution in [3.05, 3.63) is 24.3 Å². The smallest absolute Gasteiger partial charge is 0.406 e. The maximum atomic E-state index is 11.8. The number of carboxylic acids is 1. The summed E-state index contributed by atoms with van der Waals surface area (Å²) in [4.78, 5) is 36.2. The molecule has 0 spiro atoms. The van der Waals surface area contributed by atoms with Gasteiger partial charge in [0.05, 0.1) is 6.42 Å². The van der Waals surface area contributed by atoms with Crippen molar-refractivity contribution in [2.24, 2.45) is 10.7 Å². The molecule has 8 heteroatoms. The lowest BCUT2D eigenvalue weighted by molar-refractivity contribution is -0.136. The van der Waals surface area contributed by atoms with Gasteiger partial charge < -0.3 is 20.9 Å². The average Bonchev–Trinajstić information content (AvgIpc) is 2.40. The quantitative estimate of drug-likeness (QED) is 0.308. The fourth-order valence-electron chi connectivity index (χ4n) is 1.24. The topological polar surface area (TPSA) is 131 Å². The van der Waals surface area contributed by atoms with Crippen molar-refractivity contribution < 1.29 is 24.2 Å². The maximum absolute atomic E-state index is 11.8. The van der Waals surface area contributed by atoms with Gasteiger partial charge in [-0.15, -0.1) is 6.58 Å². The van der Waals surface area contributed by atoms with Crippen LogP contribution in [0.5, 0.6) is 0 Å². The SMILES string of the molecule is C=CC/C(=C\CC=NCOC(N)=O)C(=O)NCCC(=O)O. The summed E-state index contributed by atoms with van der Waals surface area (Å²) >= 11 is 0. The molecule has 0 aromatic heterocycles. The number of rotatable bonds is 10. The summed E-state index contributed by atoms with van der Waals surface area (Å²) in [6, 6.07) is 0. The standard InChI is InChI=1S/C13H19N3O5/c1-2-4-10(12(19)16-8-6-11(17)18)5-3-7-15-9-21-13(14)20/h2,5,7H,1,3-4,6,8-9H2,(H2,14,20)(H,16,19)(H,17,18)/b10-5+,15-7?. The molecule has 0 atom stereocenters. The Labute approximate surface area is 122 Å². The highest BCUT2D eigenvalue weighted by Gasteiger charge is 2.07. The lowest BCUT2D eigenvalue weighted by Gasteiger charge is -2.05. The van der Waals surface area contributed by atoms with E-state index in [0.717, 1.165) is 0 Å². The summed E-state index contributed by atoms with van der Waals surface area (Å²) in [6.45, 7) is 3.43. The first-order valence-electron chi connectivity index (χ1n) is 6.17. The minimum Gasteiger partial charge on any atom is -0.481 e. The highest BCUT2D eigenvalue weighted by molar-refractivity contribution is 5.94. The number of aliphatic imine (C=N–C) groups is 1. The number of aliphatic carboxylic acids is 1. The number of nitrogens with zero attached hydrogens (tertiary/aromatic N) is 1. The van der Waals surface area contributed by atoms with Crippen molar-refractivity contribution in [2.45, 2.75) is 19.3 Å². The number of primary amides is 1. The molecule has 0 aliphatic rings. The number of allylic oxidation sites excluding steroid dienone is 2. The summed E-state index contributed by atoms with van der Waals surface area (Å²) < 4.78 is 4.39. The summed E-state index contributed by atoms with van der Waals surface area (Å²) in [5, 5.41) is 11.0. The Balaban J connectivity index is 4.27. The van der Waals surface area contributed by atoms with Crippen molar-refractivity contribution in [3.8, 4) is 0 Å². The first kappa shape index (κ1) is 18.4. The van der Waals surface area contributed by atoms with Crippen LogP contribution in [0.3, 0.4) is 0 Å². The van der Waals surface area contributed by atoms with E-state index < -0.39 is 12.1 Å². The highest BCUT2D eigenvalue weighted by Crippen LogP contribution is 2.03. The largest absolute Gasteiger partial charge is 0.481 e. The number of hydrogen-bond acceptors (Lipinski definition) is 5. The second-order valence-electron chi connectivity index (χ2n) is 3.82. The molecule has 0 rings (SSSR count). The van der Waals surface area contributed by atoms with Gasteiger partial charge in [-0.1, -0.05) is 12.2 Å². The third kappa shape index (κ3) is 10.9. The maximum Gasteiger partial charge on any atom is 0.406 e. The van der Waals surface area contributed by atoms with Crippen LogP contribution in [0.25, 0.3) is 0 Å². The van der Waals surface area contributed by atoms with Crippen LogP contribution in [0.15, 0.2) is 29.3 Å². The van der Waals surface area contributed by atoms with Crippen molar-refractivity contribution in [1.82, 2.24) is 5.32 Å². The fraction of sp³-hybridized carbons (Fsp3) is 0.385. The van der Waals surface area contributed by atoms with Gasteiger partial charge in [-0.25, -0.2) is 4.79 Å². The first-order chi connectivity index (χ1) is 9.97. The van der Waals surface area contributed by atoms with E-state index in [9.17, 15) is 14.4 Å². The van der Waals surface area contributed by atoms with Gasteiger partial charge in [0.2, 0.25) is 5.91 Å². The van der Waals surface area contributed by atoms with Crippen LogP contribution < -0.4 is 11.1 Å². The Morgan fingerprint density at radius 2 is 2.10 bits per heavy atom. The van der Waals surface area contributed by atoms with Crippen LogP contribution in [-0.2, 0) is 14.3 Å². The van der Waals surface area contributed by atoms with Crippen LogP contribution in [-0.4, -0.2) is 42.6 Å². The monoisotopic (exact) mass is 297 g/mol. The number of nitrogens with two attached hydrogens (primary N) is 1. The molecule has 0 unspecified atom stereocenters. The number of hydrogen-bond donors (Lipinski definition) is 3. The summed E-state index contributed by atoms with van der Waals surface area (Å²) in [7, 11) is 0. The number of carbonyl (C=O) groups is 3. The second kappa shape index (κ2) is 11.2. The first-order valence-corrected chi connectivity index (χ1v) is 6.17. The zero-order valence-electron chi connectivity index (χ0n) is 11.6. The molecular weight excluding hydrogens is 278 g/mol. The predicted molar refractivity (Wildman–Crippen MR) is 76.8 cm³/mol. The molecule has 0 radical (unpaired) electrons. The Morgan fingerprint density at radius 3 is 2.67 bits per heavy atom. The summed E-state index contributed by atoms with van der Waals surface area (Å²) in [5.74, 6) is -1.33. The molecule has 0 heterocycles. The van der Waals surface area contributed by atoms with E-state index in [-0.39, 0.29) is 25.6 Å². The lowest BCUT2D eigenvalue weighted by atomic mass is 10.1. The van der Waals surface area contributed by atoms with E-state index in [0.29, 0.717) is 18.4 Å². The molecule has 0 aliphatic heterocycles. The van der Waals surface area contributed by atoms with Crippen LogP contribution in [0.4, 0.5) is 4.79 Å². The fourth-order valence-corrected chi connectivity index (χ4v) is 1.24. The molecule has 116 valence electrons. The Kier molecular flexibility index (Phi) is 9.80. The average molecular weight is 297 g/mol. The molecule has 0 saturated carbocycles. The van der Waals surface area contributed by atoms with Crippen molar-refractivity contribution in [3.63, 3.8) is 0 Å². The zero-order valence-corrected chi connectivity index (χ0v) is 11.6. The van der Waals surface area contributed by atoms with E-state index in [2.05, 4.69) is 21.6 Å². The van der Waals surface area contributed by atoms with E-state index in [1.165, 1.54) is 6.21 Å². The molecule has 0 fully saturated rings. The molecule has 21 heavy (non-hydrogen) atoms. The molecule has 0 aromatic rings. The summed E-state index contributed by atoms with van der Waals surface area (Å²) in [5.41, 5.74) is 5.21. The zero-order chi connectivity index (χ0) is 16.1. The third-order valence-corrected chi connectivity index (χ3v) is 2.16. The van der Waals surface area contributed by atoms with E-state index >= 15 is 0 Å².